The van der Waals surface area contributed by atoms with Crippen molar-refractivity contribution in [3.05, 3.63) is 54.7 Å². The Morgan fingerprint density at radius 3 is 2.67 bits per heavy atom. The van der Waals surface area contributed by atoms with Gasteiger partial charge in [0.2, 0.25) is 0 Å². The average Bonchev–Trinajstić information content (AvgIpc) is 2.32. The van der Waals surface area contributed by atoms with E-state index in [9.17, 15) is 4.79 Å². The van der Waals surface area contributed by atoms with E-state index in [0.29, 0.717) is 5.56 Å². The molecule has 0 aliphatic heterocycles. The molecule has 1 aromatic carbocycles. The molecule has 2 rings (SSSR count). The molecule has 1 heterocycles. The summed E-state index contributed by atoms with van der Waals surface area (Å²) in [6.45, 7) is 0. The van der Waals surface area contributed by atoms with Crippen molar-refractivity contribution in [3.63, 3.8) is 0 Å². The van der Waals surface area contributed by atoms with Crippen LogP contribution in [0.15, 0.2) is 45.6 Å². The molecule has 6 heteroatoms. The van der Waals surface area contributed by atoms with E-state index < -0.39 is 0 Å². The second kappa shape index (κ2) is 6.12. The molecule has 3 nitrogen and oxygen atoms in total. The van der Waals surface area contributed by atoms with Crippen LogP contribution in [0.5, 0.6) is 0 Å². The minimum atomic E-state index is -0.189. The molecule has 0 aliphatic rings. The van der Waals surface area contributed by atoms with Crippen molar-refractivity contribution in [1.29, 1.82) is 0 Å². The van der Waals surface area contributed by atoms with Crippen molar-refractivity contribution in [2.75, 3.05) is 5.32 Å². The highest BCUT2D eigenvalue weighted by molar-refractivity contribution is 14.1. The number of nitrogens with zero attached hydrogens (tertiary/aromatic N) is 1. The first kappa shape index (κ1) is 14.0. The van der Waals surface area contributed by atoms with Crippen LogP contribution in [0.3, 0.4) is 0 Å². The molecular weight excluding hydrogens is 475 g/mol. The number of carbonyl (C=O) groups excluding carboxylic acids is 1. The molecule has 0 radical (unpaired) electrons. The summed E-state index contributed by atoms with van der Waals surface area (Å²) in [4.78, 5) is 16.0. The first-order valence-electron chi connectivity index (χ1n) is 4.93. The molecule has 2 aromatic rings. The van der Waals surface area contributed by atoms with Crippen molar-refractivity contribution in [1.82, 2.24) is 4.98 Å². The number of anilines is 1. The SMILES string of the molecule is O=C(Nc1ccc(I)cc1Br)c1cncc(Br)c1. The molecule has 1 N–H and O–H groups in total. The Hall–Kier alpha value is -0.470. The highest BCUT2D eigenvalue weighted by atomic mass is 127. The molecule has 0 atom stereocenters. The van der Waals surface area contributed by atoms with Crippen LogP contribution in [-0.4, -0.2) is 10.9 Å². The fourth-order valence-electron chi connectivity index (χ4n) is 1.32. The van der Waals surface area contributed by atoms with Gasteiger partial charge in [-0.25, -0.2) is 0 Å². The predicted octanol–water partition coefficient (Wildman–Crippen LogP) is 4.46. The highest BCUT2D eigenvalue weighted by Gasteiger charge is 2.09. The summed E-state index contributed by atoms with van der Waals surface area (Å²) in [7, 11) is 0. The number of aromatic nitrogens is 1. The molecule has 0 fully saturated rings. The second-order valence-electron chi connectivity index (χ2n) is 3.47. The van der Waals surface area contributed by atoms with E-state index in [1.165, 1.54) is 6.20 Å². The standard InChI is InChI=1S/C12H7Br2IN2O/c13-8-3-7(5-16-6-8)12(18)17-11-2-1-9(15)4-10(11)14/h1-6H,(H,17,18). The highest BCUT2D eigenvalue weighted by Crippen LogP contribution is 2.25. The third kappa shape index (κ3) is 3.52. The predicted molar refractivity (Wildman–Crippen MR) is 86.7 cm³/mol. The largest absolute Gasteiger partial charge is 0.321 e. The van der Waals surface area contributed by atoms with E-state index in [-0.39, 0.29) is 5.91 Å². The number of hydrogen-bond donors (Lipinski definition) is 1. The van der Waals surface area contributed by atoms with Gasteiger partial charge in [0, 0.05) is 24.9 Å². The molecule has 0 spiro atoms. The van der Waals surface area contributed by atoms with E-state index >= 15 is 0 Å². The van der Waals surface area contributed by atoms with Gasteiger partial charge in [-0.2, -0.15) is 0 Å². The summed E-state index contributed by atoms with van der Waals surface area (Å²) in [5, 5.41) is 2.83. The molecule has 0 unspecified atom stereocenters. The zero-order valence-corrected chi connectivity index (χ0v) is 14.3. The van der Waals surface area contributed by atoms with Crippen molar-refractivity contribution in [2.24, 2.45) is 0 Å². The van der Waals surface area contributed by atoms with Gasteiger partial charge in [-0.05, 0) is 78.7 Å². The van der Waals surface area contributed by atoms with Crippen LogP contribution in [0.4, 0.5) is 5.69 Å². The number of benzene rings is 1. The van der Waals surface area contributed by atoms with Gasteiger partial charge in [-0.3, -0.25) is 9.78 Å². The maximum atomic E-state index is 12.0. The van der Waals surface area contributed by atoms with Gasteiger partial charge in [0.15, 0.2) is 0 Å². The normalized spacial score (nSPS) is 10.2. The Kier molecular flexibility index (Phi) is 4.74. The third-order valence-corrected chi connectivity index (χ3v) is 3.91. The Morgan fingerprint density at radius 2 is 2.00 bits per heavy atom. The third-order valence-electron chi connectivity index (χ3n) is 2.15. The number of carbonyl (C=O) groups is 1. The number of pyridine rings is 1. The molecule has 0 saturated carbocycles. The van der Waals surface area contributed by atoms with Gasteiger partial charge in [0.25, 0.3) is 5.91 Å². The molecule has 1 amide bonds. The maximum absolute atomic E-state index is 12.0. The second-order valence-corrected chi connectivity index (χ2v) is 6.49. The molecule has 92 valence electrons. The van der Waals surface area contributed by atoms with Gasteiger partial charge in [0.1, 0.15) is 0 Å². The van der Waals surface area contributed by atoms with E-state index in [1.807, 2.05) is 18.2 Å². The Labute approximate surface area is 135 Å². The summed E-state index contributed by atoms with van der Waals surface area (Å²) in [5.41, 5.74) is 1.25. The van der Waals surface area contributed by atoms with Crippen molar-refractivity contribution < 1.29 is 4.79 Å². The van der Waals surface area contributed by atoms with E-state index in [0.717, 1.165) is 18.2 Å². The van der Waals surface area contributed by atoms with Crippen LogP contribution in [0.2, 0.25) is 0 Å². The van der Waals surface area contributed by atoms with E-state index in [4.69, 9.17) is 0 Å². The average molecular weight is 482 g/mol. The quantitative estimate of drug-likeness (QED) is 0.643. The number of halogens is 3. The van der Waals surface area contributed by atoms with Crippen LogP contribution in [0.1, 0.15) is 10.4 Å². The lowest BCUT2D eigenvalue weighted by molar-refractivity contribution is 0.102. The zero-order valence-electron chi connectivity index (χ0n) is 8.95. The lowest BCUT2D eigenvalue weighted by Gasteiger charge is -2.07. The fourth-order valence-corrected chi connectivity index (χ4v) is 3.08. The lowest BCUT2D eigenvalue weighted by atomic mass is 10.2. The number of hydrogen-bond acceptors (Lipinski definition) is 2. The molecular formula is C12H7Br2IN2O. The van der Waals surface area contributed by atoms with Crippen LogP contribution in [0, 0.1) is 3.57 Å². The van der Waals surface area contributed by atoms with E-state index in [2.05, 4.69) is 64.8 Å². The summed E-state index contributed by atoms with van der Waals surface area (Å²) in [6, 6.07) is 7.45. The van der Waals surface area contributed by atoms with Crippen molar-refractivity contribution in [3.8, 4) is 0 Å². The van der Waals surface area contributed by atoms with Crippen LogP contribution >= 0.6 is 54.5 Å². The Bertz CT molecular complexity index is 604. The van der Waals surface area contributed by atoms with Gasteiger partial charge < -0.3 is 5.32 Å². The van der Waals surface area contributed by atoms with Crippen molar-refractivity contribution in [2.45, 2.75) is 0 Å². The smallest absolute Gasteiger partial charge is 0.257 e. The van der Waals surface area contributed by atoms with E-state index in [1.54, 1.807) is 12.3 Å². The number of rotatable bonds is 2. The van der Waals surface area contributed by atoms with Gasteiger partial charge in [-0.15, -0.1) is 0 Å². The fraction of sp³-hybridized carbons (Fsp3) is 0. The maximum Gasteiger partial charge on any atom is 0.257 e. The van der Waals surface area contributed by atoms with Crippen LogP contribution in [-0.2, 0) is 0 Å². The summed E-state index contributed by atoms with van der Waals surface area (Å²) < 4.78 is 2.73. The topological polar surface area (TPSA) is 42.0 Å². The first-order valence-corrected chi connectivity index (χ1v) is 7.59. The lowest BCUT2D eigenvalue weighted by Crippen LogP contribution is -2.12. The monoisotopic (exact) mass is 480 g/mol. The summed E-state index contributed by atoms with van der Waals surface area (Å²) >= 11 is 8.92. The minimum Gasteiger partial charge on any atom is -0.321 e. The molecule has 18 heavy (non-hydrogen) atoms. The molecule has 0 saturated heterocycles. The van der Waals surface area contributed by atoms with Gasteiger partial charge >= 0.3 is 0 Å². The summed E-state index contributed by atoms with van der Waals surface area (Å²) in [6.07, 6.45) is 3.16. The van der Waals surface area contributed by atoms with Gasteiger partial charge in [0.05, 0.1) is 11.3 Å². The molecule has 0 bridgehead atoms. The first-order chi connectivity index (χ1) is 8.56. The zero-order chi connectivity index (χ0) is 13.1. The Morgan fingerprint density at radius 1 is 1.22 bits per heavy atom. The van der Waals surface area contributed by atoms with Crippen LogP contribution < -0.4 is 5.32 Å². The minimum absolute atomic E-state index is 0.189. The van der Waals surface area contributed by atoms with Crippen molar-refractivity contribution >= 4 is 66.0 Å². The number of nitrogens with one attached hydrogen (secondary N) is 1. The molecule has 0 aliphatic carbocycles. The Balaban J connectivity index is 2.21. The number of amides is 1. The summed E-state index contributed by atoms with van der Waals surface area (Å²) in [5.74, 6) is -0.189. The van der Waals surface area contributed by atoms with Crippen LogP contribution in [0.25, 0.3) is 0 Å². The molecule has 1 aromatic heterocycles. The van der Waals surface area contributed by atoms with Gasteiger partial charge in [-0.1, -0.05) is 0 Å².